The lowest BCUT2D eigenvalue weighted by atomic mass is 9.85. The molecule has 238 valence electrons. The van der Waals surface area contributed by atoms with E-state index in [2.05, 4.69) is 40.1 Å². The maximum Gasteiger partial charge on any atom is 0.171 e. The van der Waals surface area contributed by atoms with Crippen molar-refractivity contribution in [3.63, 3.8) is 0 Å². The number of carbonyl (C=O) groups is 1. The van der Waals surface area contributed by atoms with Crippen LogP contribution in [0, 0.1) is 5.92 Å². The van der Waals surface area contributed by atoms with Gasteiger partial charge in [0, 0.05) is 36.9 Å². The number of aliphatic hydroxyl groups excluding tert-OH is 1. The monoisotopic (exact) mass is 581 g/mol. The van der Waals surface area contributed by atoms with Crippen LogP contribution in [0.3, 0.4) is 0 Å². The van der Waals surface area contributed by atoms with Crippen molar-refractivity contribution in [1.82, 2.24) is 21.3 Å². The van der Waals surface area contributed by atoms with Gasteiger partial charge < -0.3 is 52.0 Å². The van der Waals surface area contributed by atoms with Crippen LogP contribution >= 0.6 is 0 Å². The molecule has 3 aliphatic heterocycles. The van der Waals surface area contributed by atoms with E-state index in [9.17, 15) is 20.1 Å². The second kappa shape index (κ2) is 16.6. The summed E-state index contributed by atoms with van der Waals surface area (Å²) in [5, 5.41) is 46.8. The lowest BCUT2D eigenvalue weighted by Gasteiger charge is -2.41. The summed E-state index contributed by atoms with van der Waals surface area (Å²) in [6.07, 6.45) is 11.5. The van der Waals surface area contributed by atoms with Crippen LogP contribution in [0.4, 0.5) is 0 Å². The van der Waals surface area contributed by atoms with Crippen molar-refractivity contribution in [2.45, 2.75) is 132 Å². The standard InChI is InChI=1S/C30H59N7O4/c1-22-26(38)16-25(37-15-14-33-21-37)24(36-22)10-9-23(19-32-3)8-6-4-5-7-11-30(41,18-28(39)40)20-35-29(2)12-13-34-27(31)17-29/h14,22-27,32,34-36,38,41H,4-13,15-21,31H2,1-3H3,(H,39,40). The van der Waals surface area contributed by atoms with Crippen LogP contribution < -0.4 is 37.0 Å². The highest BCUT2D eigenvalue weighted by Gasteiger charge is 2.40. The zero-order valence-corrected chi connectivity index (χ0v) is 25.8. The molecular formula is C30H59N7O4. The first-order valence-corrected chi connectivity index (χ1v) is 16.1. The molecule has 0 spiro atoms. The Morgan fingerprint density at radius 3 is 2.78 bits per heavy atom. The second-order valence-electron chi connectivity index (χ2n) is 13.5. The number of rotatable bonds is 18. The first kappa shape index (κ1) is 34.3. The number of quaternary nitrogens is 1. The zero-order valence-electron chi connectivity index (χ0n) is 25.8. The number of nitrogens with zero attached hydrogens (tertiary/aromatic N) is 1. The topological polar surface area (TPSA) is 172 Å². The third-order valence-electron chi connectivity index (χ3n) is 9.79. The van der Waals surface area contributed by atoms with Gasteiger partial charge in [0.2, 0.25) is 0 Å². The fourth-order valence-electron chi connectivity index (χ4n) is 7.16. The van der Waals surface area contributed by atoms with E-state index in [0.29, 0.717) is 24.4 Å². The predicted octanol–water partition coefficient (Wildman–Crippen LogP) is -1.76. The molecule has 11 heteroatoms. The van der Waals surface area contributed by atoms with Crippen molar-refractivity contribution in [2.24, 2.45) is 16.6 Å². The SMILES string of the molecule is CNCC(CCCCCCC(O)(CNC1(C)CCNC(N)C1)CC(=O)[O-])CCC1NC(C)C(O)CC1[NH+]1CC=NC1. The van der Waals surface area contributed by atoms with Gasteiger partial charge in [-0.15, -0.1) is 0 Å². The van der Waals surface area contributed by atoms with Gasteiger partial charge in [-0.1, -0.05) is 25.7 Å². The summed E-state index contributed by atoms with van der Waals surface area (Å²) in [5.41, 5.74) is 4.52. The maximum absolute atomic E-state index is 11.4. The quantitative estimate of drug-likeness (QED) is 0.0873. The summed E-state index contributed by atoms with van der Waals surface area (Å²) in [4.78, 5) is 17.3. The molecule has 0 aromatic carbocycles. The smallest absolute Gasteiger partial charge is 0.171 e. The molecule has 0 aromatic rings. The second-order valence-corrected chi connectivity index (χ2v) is 13.5. The highest BCUT2D eigenvalue weighted by Crippen LogP contribution is 2.25. The number of aliphatic hydroxyl groups is 2. The number of β-amino-alcohol motifs (C(OH)–C–C–N with tert-alkyl or cyclic N) is 1. The average molecular weight is 582 g/mol. The van der Waals surface area contributed by atoms with Gasteiger partial charge in [0.15, 0.2) is 6.67 Å². The van der Waals surface area contributed by atoms with E-state index in [1.54, 1.807) is 0 Å². The number of nitrogens with two attached hydrogens (primary N) is 1. The van der Waals surface area contributed by atoms with Crippen LogP contribution in [0.5, 0.6) is 0 Å². The Morgan fingerprint density at radius 1 is 1.32 bits per heavy atom. The number of hydrogen-bond acceptors (Lipinski definition) is 10. The predicted molar refractivity (Wildman–Crippen MR) is 161 cm³/mol. The molecule has 3 rings (SSSR count). The van der Waals surface area contributed by atoms with E-state index in [1.807, 2.05) is 13.3 Å². The Labute approximate surface area is 247 Å². The van der Waals surface area contributed by atoms with E-state index in [1.165, 1.54) is 4.90 Å². The van der Waals surface area contributed by atoms with E-state index in [0.717, 1.165) is 90.5 Å². The number of hydrogen-bond donors (Lipinski definition) is 8. The van der Waals surface area contributed by atoms with E-state index >= 15 is 0 Å². The van der Waals surface area contributed by atoms with Gasteiger partial charge in [-0.25, -0.2) is 4.99 Å². The number of aliphatic carboxylic acids is 1. The number of carbonyl (C=O) groups excluding carboxylic acids is 1. The summed E-state index contributed by atoms with van der Waals surface area (Å²) < 4.78 is 0. The molecule has 11 nitrogen and oxygen atoms in total. The third kappa shape index (κ3) is 11.4. The summed E-state index contributed by atoms with van der Waals surface area (Å²) in [7, 11) is 2.02. The summed E-state index contributed by atoms with van der Waals surface area (Å²) in [6, 6.07) is 0.900. The fraction of sp³-hybridized carbons (Fsp3) is 0.933. The molecule has 41 heavy (non-hydrogen) atoms. The lowest BCUT2D eigenvalue weighted by Crippen LogP contribution is -3.16. The van der Waals surface area contributed by atoms with Crippen molar-refractivity contribution >= 4 is 12.2 Å². The Balaban J connectivity index is 1.39. The van der Waals surface area contributed by atoms with Crippen molar-refractivity contribution in [2.75, 3.05) is 39.9 Å². The first-order valence-electron chi connectivity index (χ1n) is 16.1. The Kier molecular flexibility index (Phi) is 13.9. The van der Waals surface area contributed by atoms with Crippen LogP contribution in [-0.2, 0) is 4.79 Å². The van der Waals surface area contributed by atoms with E-state index < -0.39 is 11.6 Å². The van der Waals surface area contributed by atoms with Crippen molar-refractivity contribution in [1.29, 1.82) is 0 Å². The Hall–Kier alpha value is -1.18. The minimum absolute atomic E-state index is 0.0974. The summed E-state index contributed by atoms with van der Waals surface area (Å²) in [5.74, 6) is -0.625. The average Bonchev–Trinajstić information content (AvgIpc) is 3.44. The molecule has 0 aromatic heterocycles. The molecule has 9 N–H and O–H groups in total. The van der Waals surface area contributed by atoms with Crippen molar-refractivity contribution < 1.29 is 25.0 Å². The molecule has 0 bridgehead atoms. The third-order valence-corrected chi connectivity index (χ3v) is 9.79. The fourth-order valence-corrected chi connectivity index (χ4v) is 7.16. The molecular weight excluding hydrogens is 522 g/mol. The minimum atomic E-state index is -1.32. The van der Waals surface area contributed by atoms with Gasteiger partial charge in [0.1, 0.15) is 12.6 Å². The number of unbranched alkanes of at least 4 members (excludes halogenated alkanes) is 3. The van der Waals surface area contributed by atoms with Crippen molar-refractivity contribution in [3.05, 3.63) is 0 Å². The molecule has 3 aliphatic rings. The van der Waals surface area contributed by atoms with Crippen LogP contribution in [-0.4, -0.2) is 104 Å². The number of carboxylic acid groups (broad SMARTS) is 1. The van der Waals surface area contributed by atoms with Gasteiger partial charge >= 0.3 is 0 Å². The highest BCUT2D eigenvalue weighted by atomic mass is 16.4. The van der Waals surface area contributed by atoms with Crippen LogP contribution in [0.25, 0.3) is 0 Å². The van der Waals surface area contributed by atoms with Crippen LogP contribution in [0.2, 0.25) is 0 Å². The van der Waals surface area contributed by atoms with E-state index in [-0.39, 0.29) is 36.8 Å². The number of piperidine rings is 2. The number of nitrogens with one attached hydrogen (secondary N) is 5. The van der Waals surface area contributed by atoms with E-state index in [4.69, 9.17) is 5.73 Å². The summed E-state index contributed by atoms with van der Waals surface area (Å²) >= 11 is 0. The Morgan fingerprint density at radius 2 is 2.10 bits per heavy atom. The molecule has 0 radical (unpaired) electrons. The number of aliphatic imine (C=N–C) groups is 1. The van der Waals surface area contributed by atoms with Crippen molar-refractivity contribution in [3.8, 4) is 0 Å². The first-order chi connectivity index (χ1) is 19.5. The van der Waals surface area contributed by atoms with Crippen LogP contribution in [0.15, 0.2) is 4.99 Å². The normalized spacial score (nSPS) is 34.4. The Bertz CT molecular complexity index is 812. The molecule has 0 saturated carbocycles. The molecule has 0 amide bonds. The summed E-state index contributed by atoms with van der Waals surface area (Å²) in [6.45, 7) is 7.95. The van der Waals surface area contributed by atoms with Gasteiger partial charge in [-0.2, -0.15) is 0 Å². The van der Waals surface area contributed by atoms with Gasteiger partial charge in [0.05, 0.1) is 30.1 Å². The molecule has 9 unspecified atom stereocenters. The van der Waals surface area contributed by atoms with Crippen LogP contribution in [0.1, 0.15) is 90.9 Å². The zero-order chi connectivity index (χ0) is 29.9. The molecule has 9 atom stereocenters. The van der Waals surface area contributed by atoms with Gasteiger partial charge in [-0.3, -0.25) is 0 Å². The van der Waals surface area contributed by atoms with Gasteiger partial charge in [0.25, 0.3) is 0 Å². The lowest BCUT2D eigenvalue weighted by molar-refractivity contribution is -0.914. The number of carboxylic acids is 1. The van der Waals surface area contributed by atoms with Gasteiger partial charge in [-0.05, 0) is 78.4 Å². The highest BCUT2D eigenvalue weighted by molar-refractivity contribution is 5.65. The molecule has 3 heterocycles. The maximum atomic E-state index is 11.4. The minimum Gasteiger partial charge on any atom is -0.550 e. The molecule has 2 fully saturated rings. The largest absolute Gasteiger partial charge is 0.550 e. The molecule has 0 aliphatic carbocycles. The molecule has 2 saturated heterocycles.